The van der Waals surface area contributed by atoms with Crippen molar-refractivity contribution in [3.63, 3.8) is 0 Å². The highest BCUT2D eigenvalue weighted by Gasteiger charge is 2.42. The lowest BCUT2D eigenvalue weighted by Crippen LogP contribution is -2.47. The molecule has 1 heterocycles. The largest absolute Gasteiger partial charge is 0.413 e. The van der Waals surface area contributed by atoms with Crippen LogP contribution in [0.4, 0.5) is 0 Å². The fourth-order valence-electron chi connectivity index (χ4n) is 4.76. The second-order valence-corrected chi connectivity index (χ2v) is 28.4. The smallest absolute Gasteiger partial charge is 0.192 e. The zero-order chi connectivity index (χ0) is 29.9. The van der Waals surface area contributed by atoms with Crippen molar-refractivity contribution in [1.82, 2.24) is 0 Å². The third-order valence-corrected chi connectivity index (χ3v) is 18.0. The monoisotopic (exact) mass is 620 g/mol. The van der Waals surface area contributed by atoms with Crippen LogP contribution in [0.2, 0.25) is 43.8 Å². The molecule has 0 saturated carbocycles. The summed E-state index contributed by atoms with van der Waals surface area (Å²) in [5, 5.41) is 11.5. The first-order chi connectivity index (χ1) is 17.9. The minimum absolute atomic E-state index is 0.0535. The molecule has 39 heavy (non-hydrogen) atoms. The van der Waals surface area contributed by atoms with Crippen LogP contribution in [0.5, 0.6) is 0 Å². The van der Waals surface area contributed by atoms with Crippen molar-refractivity contribution in [2.24, 2.45) is 11.8 Å². The molecule has 0 amide bonds. The Morgan fingerprint density at radius 3 is 2.18 bits per heavy atom. The molecule has 4 atom stereocenters. The Kier molecular flexibility index (Phi) is 16.6. The lowest BCUT2D eigenvalue weighted by Gasteiger charge is -2.43. The summed E-state index contributed by atoms with van der Waals surface area (Å²) in [6, 6.07) is 1.14. The molecule has 0 aromatic heterocycles. The molecule has 8 heteroatoms. The Hall–Kier alpha value is 0.714. The fourth-order valence-corrected chi connectivity index (χ4v) is 10.5. The summed E-state index contributed by atoms with van der Waals surface area (Å²) in [7, 11) is -2.95. The number of hydrogen-bond acceptors (Lipinski definition) is 6. The van der Waals surface area contributed by atoms with E-state index < -0.39 is 22.5 Å². The van der Waals surface area contributed by atoms with Gasteiger partial charge in [0.2, 0.25) is 0 Å². The van der Waals surface area contributed by atoms with E-state index in [1.807, 2.05) is 6.08 Å². The van der Waals surface area contributed by atoms with Crippen LogP contribution in [0, 0.1) is 11.8 Å². The molecule has 4 nitrogen and oxygen atoms in total. The van der Waals surface area contributed by atoms with Gasteiger partial charge in [0.25, 0.3) is 0 Å². The Morgan fingerprint density at radius 2 is 1.67 bits per heavy atom. The first-order valence-electron chi connectivity index (χ1n) is 15.4. The zero-order valence-electron chi connectivity index (χ0n) is 27.4. The normalized spacial score (nSPS) is 20.0. The first kappa shape index (κ1) is 37.7. The van der Waals surface area contributed by atoms with E-state index in [0.29, 0.717) is 25.0 Å². The molecule has 0 unspecified atom stereocenters. The van der Waals surface area contributed by atoms with Crippen LogP contribution in [0.15, 0.2) is 12.7 Å². The highest BCUT2D eigenvalue weighted by atomic mass is 32.2. The number of aliphatic hydroxyl groups excluding tert-OH is 1. The first-order valence-corrected chi connectivity index (χ1v) is 23.9. The summed E-state index contributed by atoms with van der Waals surface area (Å²) < 4.78 is 18.9. The predicted molar refractivity (Wildman–Crippen MR) is 181 cm³/mol. The van der Waals surface area contributed by atoms with Crippen LogP contribution in [0.3, 0.4) is 0 Å². The van der Waals surface area contributed by atoms with E-state index >= 15 is 0 Å². The summed E-state index contributed by atoms with van der Waals surface area (Å²) in [6.45, 7) is 30.8. The topological polar surface area (TPSA) is 47.9 Å². The number of hydrogen-bond donors (Lipinski definition) is 1. The minimum Gasteiger partial charge on any atom is -0.413 e. The maximum Gasteiger partial charge on any atom is 0.192 e. The molecular weight excluding hydrogens is 557 g/mol. The van der Waals surface area contributed by atoms with E-state index in [4.69, 9.17) is 13.9 Å². The zero-order valence-corrected chi connectivity index (χ0v) is 31.1. The Morgan fingerprint density at radius 1 is 1.05 bits per heavy atom. The van der Waals surface area contributed by atoms with Crippen molar-refractivity contribution in [1.29, 1.82) is 0 Å². The molecule has 0 spiro atoms. The second-order valence-electron chi connectivity index (χ2n) is 14.8. The highest BCUT2D eigenvalue weighted by molar-refractivity contribution is 8.18. The Labute approximate surface area is 253 Å². The van der Waals surface area contributed by atoms with Crippen LogP contribution in [-0.4, -0.2) is 68.8 Å². The van der Waals surface area contributed by atoms with Crippen molar-refractivity contribution >= 4 is 39.9 Å². The average molecular weight is 621 g/mol. The maximum atomic E-state index is 11.3. The van der Waals surface area contributed by atoms with Gasteiger partial charge in [-0.2, -0.15) is 0 Å². The van der Waals surface area contributed by atoms with Gasteiger partial charge in [0.1, 0.15) is 6.79 Å². The second kappa shape index (κ2) is 17.1. The number of thioether (sulfide) groups is 2. The Bertz CT molecular complexity index is 685. The lowest BCUT2D eigenvalue weighted by molar-refractivity contribution is -0.0962. The summed E-state index contributed by atoms with van der Waals surface area (Å²) >= 11 is 4.15. The molecule has 1 aliphatic rings. The highest BCUT2D eigenvalue weighted by Crippen LogP contribution is 2.50. The molecule has 0 aromatic rings. The molecule has 0 aliphatic carbocycles. The summed E-state index contributed by atoms with van der Waals surface area (Å²) in [6.07, 6.45) is 7.38. The van der Waals surface area contributed by atoms with Gasteiger partial charge >= 0.3 is 0 Å². The van der Waals surface area contributed by atoms with E-state index in [0.717, 1.165) is 38.3 Å². The number of aliphatic hydroxyl groups is 1. The predicted octanol–water partition coefficient (Wildman–Crippen LogP) is 9.43. The molecular formula is C31H64O4S2Si2. The van der Waals surface area contributed by atoms with Gasteiger partial charge < -0.3 is 19.0 Å². The number of rotatable bonds is 19. The summed E-state index contributed by atoms with van der Waals surface area (Å²) in [5.41, 5.74) is 0. The van der Waals surface area contributed by atoms with E-state index in [1.165, 1.54) is 17.9 Å². The van der Waals surface area contributed by atoms with E-state index in [9.17, 15) is 5.11 Å². The van der Waals surface area contributed by atoms with Gasteiger partial charge in [-0.15, -0.1) is 30.1 Å². The maximum absolute atomic E-state index is 11.3. The SMILES string of the molecule is C=CC[C@H](C[C@@H](O)CC1(CC[C@H](C)[C@H](O[Si](C)(C)C(C)(C)C)C(C)C)SCCCS1)OCOCC[Si](C)(C)C. The molecule has 1 aliphatic heterocycles. The molecule has 232 valence electrons. The van der Waals surface area contributed by atoms with Crippen molar-refractivity contribution in [2.75, 3.05) is 24.9 Å². The lowest BCUT2D eigenvalue weighted by atomic mass is 9.89. The van der Waals surface area contributed by atoms with E-state index in [-0.39, 0.29) is 21.3 Å². The molecule has 0 radical (unpaired) electrons. The molecule has 1 fully saturated rings. The summed E-state index contributed by atoms with van der Waals surface area (Å²) in [4.78, 5) is 0. The van der Waals surface area contributed by atoms with Crippen molar-refractivity contribution in [2.45, 2.75) is 146 Å². The fraction of sp³-hybridized carbons (Fsp3) is 0.935. The standard InChI is InChI=1S/C31H64O4S2Si2/c1-13-15-28(34-24-33-18-21-38(8,9)10)22-27(32)23-31(36-19-14-20-37-31)17-16-26(4)29(25(2)3)35-39(11,12)30(5,6)7/h13,25-29,32H,1,14-24H2,2-12H3/t26-,27+,28+,29+/m0/s1. The molecule has 0 bridgehead atoms. The van der Waals surface area contributed by atoms with Crippen molar-refractivity contribution in [3.8, 4) is 0 Å². The number of ether oxygens (including phenoxy) is 2. The van der Waals surface area contributed by atoms with Crippen molar-refractivity contribution in [3.05, 3.63) is 12.7 Å². The summed E-state index contributed by atoms with van der Waals surface area (Å²) in [5.74, 6) is 3.34. The molecule has 0 aromatic carbocycles. The quantitative estimate of drug-likeness (QED) is 0.0672. The van der Waals surface area contributed by atoms with Crippen LogP contribution in [0.1, 0.15) is 80.1 Å². The van der Waals surface area contributed by atoms with Crippen molar-refractivity contribution < 1.29 is 19.0 Å². The average Bonchev–Trinajstić information content (AvgIpc) is 2.80. The van der Waals surface area contributed by atoms with E-state index in [1.54, 1.807) is 0 Å². The van der Waals surface area contributed by atoms with Crippen LogP contribution in [-0.2, 0) is 13.9 Å². The van der Waals surface area contributed by atoms with Gasteiger partial charge in [-0.3, -0.25) is 0 Å². The third-order valence-electron chi connectivity index (χ3n) is 8.35. The van der Waals surface area contributed by atoms with Crippen LogP contribution < -0.4 is 0 Å². The van der Waals surface area contributed by atoms with Gasteiger partial charge in [0.15, 0.2) is 8.32 Å². The van der Waals surface area contributed by atoms with Gasteiger partial charge in [-0.25, -0.2) is 0 Å². The van der Waals surface area contributed by atoms with Gasteiger partial charge in [-0.05, 0) is 86.0 Å². The molecule has 1 rings (SSSR count). The molecule has 1 saturated heterocycles. The van der Waals surface area contributed by atoms with E-state index in [2.05, 4.69) is 104 Å². The molecule has 1 N–H and O–H groups in total. The third kappa shape index (κ3) is 14.6. The van der Waals surface area contributed by atoms with Gasteiger partial charge in [-0.1, -0.05) is 67.3 Å². The van der Waals surface area contributed by atoms with Gasteiger partial charge in [0, 0.05) is 20.8 Å². The van der Waals surface area contributed by atoms with Crippen LogP contribution >= 0.6 is 23.5 Å². The minimum atomic E-state index is -1.84. The van der Waals surface area contributed by atoms with Gasteiger partial charge in [0.05, 0.1) is 16.3 Å². The van der Waals surface area contributed by atoms with Crippen LogP contribution in [0.25, 0.3) is 0 Å². The Balaban J connectivity index is 2.77.